The molecule has 6 nitrogen and oxygen atoms in total. The predicted molar refractivity (Wildman–Crippen MR) is 71.1 cm³/mol. The predicted octanol–water partition coefficient (Wildman–Crippen LogP) is 1.33. The van der Waals surface area contributed by atoms with Crippen LogP contribution in [0, 0.1) is 6.92 Å². The van der Waals surface area contributed by atoms with Gasteiger partial charge in [-0.1, -0.05) is 6.07 Å². The Morgan fingerprint density at radius 1 is 1.21 bits per heavy atom. The number of aryl methyl sites for hydroxylation is 1. The maximum absolute atomic E-state index is 11.9. The van der Waals surface area contributed by atoms with Crippen LogP contribution >= 0.6 is 0 Å². The van der Waals surface area contributed by atoms with Crippen LogP contribution in [-0.4, -0.2) is 29.1 Å². The Kier molecular flexibility index (Phi) is 3.61. The first-order valence-electron chi connectivity index (χ1n) is 5.74. The zero-order chi connectivity index (χ0) is 13.8. The van der Waals surface area contributed by atoms with Gasteiger partial charge in [0, 0.05) is 24.5 Å². The molecule has 19 heavy (non-hydrogen) atoms. The van der Waals surface area contributed by atoms with Gasteiger partial charge in [-0.25, -0.2) is 0 Å². The van der Waals surface area contributed by atoms with Crippen LogP contribution in [0.4, 0.5) is 5.69 Å². The SMILES string of the molecule is CNC(=O)c1ccc(C)c(NC(=O)c2cn[nH]c2)c1. The fraction of sp³-hybridized carbons (Fsp3) is 0.154. The molecule has 2 amide bonds. The first-order valence-corrected chi connectivity index (χ1v) is 5.74. The van der Waals surface area contributed by atoms with Crippen molar-refractivity contribution in [1.29, 1.82) is 0 Å². The molecule has 0 spiro atoms. The summed E-state index contributed by atoms with van der Waals surface area (Å²) in [5.41, 5.74) is 2.41. The molecule has 0 fully saturated rings. The van der Waals surface area contributed by atoms with Crippen LogP contribution in [0.15, 0.2) is 30.6 Å². The first kappa shape index (κ1) is 12.8. The summed E-state index contributed by atoms with van der Waals surface area (Å²) in [4.78, 5) is 23.5. The summed E-state index contributed by atoms with van der Waals surface area (Å²) in [7, 11) is 1.56. The number of anilines is 1. The van der Waals surface area contributed by atoms with E-state index in [4.69, 9.17) is 0 Å². The Morgan fingerprint density at radius 3 is 2.63 bits per heavy atom. The summed E-state index contributed by atoms with van der Waals surface area (Å²) >= 11 is 0. The molecule has 0 aliphatic rings. The van der Waals surface area contributed by atoms with E-state index in [9.17, 15) is 9.59 Å². The number of rotatable bonds is 3. The smallest absolute Gasteiger partial charge is 0.258 e. The second-order valence-electron chi connectivity index (χ2n) is 4.05. The Labute approximate surface area is 110 Å². The lowest BCUT2D eigenvalue weighted by atomic mass is 10.1. The molecule has 6 heteroatoms. The number of hydrogen-bond acceptors (Lipinski definition) is 3. The highest BCUT2D eigenvalue weighted by Gasteiger charge is 2.11. The average Bonchev–Trinajstić information content (AvgIpc) is 2.94. The van der Waals surface area contributed by atoms with E-state index in [1.54, 1.807) is 25.2 Å². The van der Waals surface area contributed by atoms with Crippen LogP contribution in [0.5, 0.6) is 0 Å². The van der Waals surface area contributed by atoms with Crippen molar-refractivity contribution in [3.63, 3.8) is 0 Å². The number of carbonyl (C=O) groups excluding carboxylic acids is 2. The van der Waals surface area contributed by atoms with Crippen molar-refractivity contribution < 1.29 is 9.59 Å². The third-order valence-corrected chi connectivity index (χ3v) is 2.74. The number of amides is 2. The van der Waals surface area contributed by atoms with Crippen molar-refractivity contribution in [3.8, 4) is 0 Å². The average molecular weight is 258 g/mol. The normalized spacial score (nSPS) is 10.0. The van der Waals surface area contributed by atoms with Crippen LogP contribution in [0.1, 0.15) is 26.3 Å². The number of H-pyrrole nitrogens is 1. The number of carbonyl (C=O) groups is 2. The molecule has 0 aliphatic carbocycles. The summed E-state index contributed by atoms with van der Waals surface area (Å²) in [5, 5.41) is 11.6. The fourth-order valence-corrected chi connectivity index (χ4v) is 1.61. The van der Waals surface area contributed by atoms with Gasteiger partial charge in [0.25, 0.3) is 11.8 Å². The van der Waals surface area contributed by atoms with Gasteiger partial charge in [0.05, 0.1) is 11.8 Å². The van der Waals surface area contributed by atoms with Gasteiger partial charge >= 0.3 is 0 Å². The number of hydrogen-bond donors (Lipinski definition) is 3. The highest BCUT2D eigenvalue weighted by molar-refractivity contribution is 6.05. The molecule has 0 aliphatic heterocycles. The molecule has 98 valence electrons. The van der Waals surface area contributed by atoms with Gasteiger partial charge < -0.3 is 10.6 Å². The van der Waals surface area contributed by atoms with Crippen LogP contribution in [0.25, 0.3) is 0 Å². The van der Waals surface area contributed by atoms with Crippen LogP contribution < -0.4 is 10.6 Å². The Hall–Kier alpha value is -2.63. The van der Waals surface area contributed by atoms with Crippen LogP contribution in [0.2, 0.25) is 0 Å². The minimum atomic E-state index is -0.272. The van der Waals surface area contributed by atoms with E-state index in [0.717, 1.165) is 5.56 Å². The molecule has 0 saturated carbocycles. The first-order chi connectivity index (χ1) is 9.11. The molecule has 0 radical (unpaired) electrons. The van der Waals surface area contributed by atoms with Crippen molar-refractivity contribution in [2.24, 2.45) is 0 Å². The molecule has 1 aromatic heterocycles. The number of aromatic amines is 1. The van der Waals surface area contributed by atoms with Crippen molar-refractivity contribution in [2.45, 2.75) is 6.92 Å². The highest BCUT2D eigenvalue weighted by atomic mass is 16.2. The minimum absolute atomic E-state index is 0.196. The molecule has 1 heterocycles. The van der Waals surface area contributed by atoms with Crippen molar-refractivity contribution in [1.82, 2.24) is 15.5 Å². The second kappa shape index (κ2) is 5.34. The summed E-state index contributed by atoms with van der Waals surface area (Å²) in [6, 6.07) is 5.14. The largest absolute Gasteiger partial charge is 0.355 e. The Morgan fingerprint density at radius 2 is 2.00 bits per heavy atom. The number of nitrogens with one attached hydrogen (secondary N) is 3. The van der Waals surface area contributed by atoms with E-state index in [1.807, 2.05) is 6.92 Å². The molecular formula is C13H14N4O2. The zero-order valence-electron chi connectivity index (χ0n) is 10.7. The zero-order valence-corrected chi connectivity index (χ0v) is 10.7. The second-order valence-corrected chi connectivity index (χ2v) is 4.05. The maximum Gasteiger partial charge on any atom is 0.258 e. The minimum Gasteiger partial charge on any atom is -0.355 e. The van der Waals surface area contributed by atoms with E-state index in [2.05, 4.69) is 20.8 Å². The molecule has 1 aromatic carbocycles. The van der Waals surface area contributed by atoms with Gasteiger partial charge in [0.2, 0.25) is 0 Å². The van der Waals surface area contributed by atoms with Crippen LogP contribution in [-0.2, 0) is 0 Å². The van der Waals surface area contributed by atoms with E-state index < -0.39 is 0 Å². The molecule has 2 rings (SSSR count). The number of benzene rings is 1. The fourth-order valence-electron chi connectivity index (χ4n) is 1.61. The maximum atomic E-state index is 11.9. The highest BCUT2D eigenvalue weighted by Crippen LogP contribution is 2.17. The third-order valence-electron chi connectivity index (χ3n) is 2.74. The quantitative estimate of drug-likeness (QED) is 0.776. The molecule has 0 atom stereocenters. The van der Waals surface area contributed by atoms with Gasteiger partial charge in [-0.15, -0.1) is 0 Å². The Bertz CT molecular complexity index is 605. The van der Waals surface area contributed by atoms with E-state index in [-0.39, 0.29) is 11.8 Å². The number of aromatic nitrogens is 2. The summed E-state index contributed by atoms with van der Waals surface area (Å²) in [6.45, 7) is 1.86. The third kappa shape index (κ3) is 2.79. The lowest BCUT2D eigenvalue weighted by Crippen LogP contribution is -2.18. The molecule has 0 saturated heterocycles. The molecule has 0 bridgehead atoms. The standard InChI is InChI=1S/C13H14N4O2/c1-8-3-4-9(12(18)14-2)5-11(8)17-13(19)10-6-15-16-7-10/h3-7H,1-2H3,(H,14,18)(H,15,16)(H,17,19). The molecule has 2 aromatic rings. The molecule has 0 unspecified atom stereocenters. The lowest BCUT2D eigenvalue weighted by Gasteiger charge is -2.09. The summed E-state index contributed by atoms with van der Waals surface area (Å²) in [6.07, 6.45) is 2.94. The Balaban J connectivity index is 2.24. The van der Waals surface area contributed by atoms with Gasteiger partial charge in [0.15, 0.2) is 0 Å². The van der Waals surface area contributed by atoms with Gasteiger partial charge in [-0.2, -0.15) is 5.10 Å². The molecule has 3 N–H and O–H groups in total. The van der Waals surface area contributed by atoms with Crippen LogP contribution in [0.3, 0.4) is 0 Å². The lowest BCUT2D eigenvalue weighted by molar-refractivity contribution is 0.0961. The van der Waals surface area contributed by atoms with Gasteiger partial charge in [0.1, 0.15) is 0 Å². The van der Waals surface area contributed by atoms with E-state index in [0.29, 0.717) is 16.8 Å². The van der Waals surface area contributed by atoms with E-state index in [1.165, 1.54) is 12.4 Å². The monoisotopic (exact) mass is 258 g/mol. The van der Waals surface area contributed by atoms with Crippen molar-refractivity contribution in [2.75, 3.05) is 12.4 Å². The summed E-state index contributed by atoms with van der Waals surface area (Å²) in [5.74, 6) is -0.468. The van der Waals surface area contributed by atoms with Crippen molar-refractivity contribution >= 4 is 17.5 Å². The van der Waals surface area contributed by atoms with Gasteiger partial charge in [-0.3, -0.25) is 14.7 Å². The molecular weight excluding hydrogens is 244 g/mol. The van der Waals surface area contributed by atoms with E-state index >= 15 is 0 Å². The number of nitrogens with zero attached hydrogens (tertiary/aromatic N) is 1. The van der Waals surface area contributed by atoms with Gasteiger partial charge in [-0.05, 0) is 24.6 Å². The van der Waals surface area contributed by atoms with Crippen molar-refractivity contribution in [3.05, 3.63) is 47.3 Å². The summed E-state index contributed by atoms with van der Waals surface area (Å²) < 4.78 is 0. The topological polar surface area (TPSA) is 86.9 Å².